The largest absolute Gasteiger partial charge is 0.130 e. The predicted molar refractivity (Wildman–Crippen MR) is 69.4 cm³/mol. The summed E-state index contributed by atoms with van der Waals surface area (Å²) in [6.07, 6.45) is 0. The average molecular weight is 222 g/mol. The third-order valence-corrected chi connectivity index (χ3v) is 3.23. The van der Waals surface area contributed by atoms with Crippen LogP contribution < -0.4 is 0 Å². The van der Waals surface area contributed by atoms with E-state index in [1.807, 2.05) is 10.8 Å². The molecule has 2 heteroatoms. The van der Waals surface area contributed by atoms with Gasteiger partial charge in [0, 0.05) is 11.5 Å². The first-order chi connectivity index (χ1) is 6.86. The van der Waals surface area contributed by atoms with E-state index in [-0.39, 0.29) is 0 Å². The van der Waals surface area contributed by atoms with Gasteiger partial charge in [0.25, 0.3) is 0 Å². The average Bonchev–Trinajstić information content (AvgIpc) is 2.25. The van der Waals surface area contributed by atoms with Crippen molar-refractivity contribution >= 4 is 23.5 Å². The fourth-order valence-corrected chi connectivity index (χ4v) is 2.05. The van der Waals surface area contributed by atoms with Crippen molar-refractivity contribution in [2.24, 2.45) is 0 Å². The molecule has 0 aliphatic heterocycles. The Morgan fingerprint density at radius 1 is 0.857 bits per heavy atom. The standard InChI is InChI=1S/C12H14S2/c1-3-13-9-11-5-7-12(8-6-11)10-14-4-2/h3-8H,1-2,9-10H2. The minimum atomic E-state index is 1.01. The minimum absolute atomic E-state index is 1.01. The predicted octanol–water partition coefficient (Wildman–Crippen LogP) is 4.44. The summed E-state index contributed by atoms with van der Waals surface area (Å²) in [7, 11) is 0. The van der Waals surface area contributed by atoms with Crippen LogP contribution in [-0.2, 0) is 11.5 Å². The molecule has 0 spiro atoms. The van der Waals surface area contributed by atoms with E-state index in [9.17, 15) is 0 Å². The highest BCUT2D eigenvalue weighted by Crippen LogP contribution is 2.16. The monoisotopic (exact) mass is 222 g/mol. The Balaban J connectivity index is 2.49. The summed E-state index contributed by atoms with van der Waals surface area (Å²) in [6, 6.07) is 8.70. The van der Waals surface area contributed by atoms with Gasteiger partial charge >= 0.3 is 0 Å². The Labute approximate surface area is 94.5 Å². The van der Waals surface area contributed by atoms with Crippen molar-refractivity contribution in [3.05, 3.63) is 59.4 Å². The molecule has 0 N–H and O–H groups in total. The molecule has 0 bridgehead atoms. The molecular weight excluding hydrogens is 208 g/mol. The summed E-state index contributed by atoms with van der Waals surface area (Å²) in [5.74, 6) is 2.02. The summed E-state index contributed by atoms with van der Waals surface area (Å²) in [4.78, 5) is 0. The van der Waals surface area contributed by atoms with Crippen LogP contribution in [0.1, 0.15) is 11.1 Å². The molecule has 1 aromatic rings. The van der Waals surface area contributed by atoms with Gasteiger partial charge in [0.15, 0.2) is 0 Å². The molecule has 0 aliphatic rings. The number of rotatable bonds is 6. The molecule has 0 unspecified atom stereocenters. The first-order valence-corrected chi connectivity index (χ1v) is 6.49. The van der Waals surface area contributed by atoms with Gasteiger partial charge in [0.2, 0.25) is 0 Å². The molecular formula is C12H14S2. The fourth-order valence-electron chi connectivity index (χ4n) is 1.04. The lowest BCUT2D eigenvalue weighted by Gasteiger charge is -2.01. The van der Waals surface area contributed by atoms with Crippen LogP contribution in [0.2, 0.25) is 0 Å². The molecule has 0 saturated heterocycles. The van der Waals surface area contributed by atoms with Crippen molar-refractivity contribution in [2.75, 3.05) is 0 Å². The zero-order chi connectivity index (χ0) is 10.2. The summed E-state index contributed by atoms with van der Waals surface area (Å²) in [5.41, 5.74) is 2.70. The molecule has 0 nitrogen and oxygen atoms in total. The van der Waals surface area contributed by atoms with Gasteiger partial charge in [-0.3, -0.25) is 0 Å². The molecule has 0 fully saturated rings. The second-order valence-electron chi connectivity index (χ2n) is 2.77. The van der Waals surface area contributed by atoms with Crippen LogP contribution in [0.15, 0.2) is 48.2 Å². The molecule has 1 rings (SSSR count). The van der Waals surface area contributed by atoms with E-state index in [4.69, 9.17) is 0 Å². The summed E-state index contributed by atoms with van der Waals surface area (Å²) in [5, 5.41) is 3.75. The van der Waals surface area contributed by atoms with Crippen LogP contribution in [-0.4, -0.2) is 0 Å². The zero-order valence-corrected chi connectivity index (χ0v) is 9.74. The second kappa shape index (κ2) is 6.80. The van der Waals surface area contributed by atoms with Crippen LogP contribution in [0.3, 0.4) is 0 Å². The highest BCUT2D eigenvalue weighted by Gasteiger charge is 1.93. The number of hydrogen-bond acceptors (Lipinski definition) is 2. The molecule has 74 valence electrons. The van der Waals surface area contributed by atoms with E-state index in [0.717, 1.165) is 11.5 Å². The highest BCUT2D eigenvalue weighted by molar-refractivity contribution is 8.01. The van der Waals surface area contributed by atoms with Crippen LogP contribution in [0.4, 0.5) is 0 Å². The molecule has 0 atom stereocenters. The van der Waals surface area contributed by atoms with E-state index in [0.29, 0.717) is 0 Å². The molecule has 0 amide bonds. The Bertz CT molecular complexity index is 257. The van der Waals surface area contributed by atoms with Crippen molar-refractivity contribution in [3.8, 4) is 0 Å². The van der Waals surface area contributed by atoms with Gasteiger partial charge in [0.05, 0.1) is 0 Å². The Hall–Kier alpha value is -0.600. The van der Waals surface area contributed by atoms with Gasteiger partial charge in [-0.05, 0) is 21.9 Å². The Morgan fingerprint density at radius 3 is 1.50 bits per heavy atom. The maximum absolute atomic E-state index is 3.68. The summed E-state index contributed by atoms with van der Waals surface area (Å²) in [6.45, 7) is 7.36. The SMILES string of the molecule is C=CSCc1ccc(CSC=C)cc1. The first-order valence-electron chi connectivity index (χ1n) is 4.39. The second-order valence-corrected chi connectivity index (χ2v) is 4.68. The van der Waals surface area contributed by atoms with Gasteiger partial charge in [-0.15, -0.1) is 23.5 Å². The quantitative estimate of drug-likeness (QED) is 0.698. The van der Waals surface area contributed by atoms with Crippen LogP contribution in [0.5, 0.6) is 0 Å². The van der Waals surface area contributed by atoms with E-state index >= 15 is 0 Å². The van der Waals surface area contributed by atoms with Crippen molar-refractivity contribution in [1.82, 2.24) is 0 Å². The number of thioether (sulfide) groups is 2. The maximum Gasteiger partial charge on any atom is 0.0225 e. The zero-order valence-electron chi connectivity index (χ0n) is 8.11. The molecule has 1 aromatic carbocycles. The normalized spacial score (nSPS) is 9.71. The Morgan fingerprint density at radius 2 is 1.21 bits per heavy atom. The van der Waals surface area contributed by atoms with Gasteiger partial charge in [-0.1, -0.05) is 37.4 Å². The van der Waals surface area contributed by atoms with Gasteiger partial charge in [-0.2, -0.15) is 0 Å². The van der Waals surface area contributed by atoms with Crippen molar-refractivity contribution in [1.29, 1.82) is 0 Å². The Kier molecular flexibility index (Phi) is 5.57. The third-order valence-electron chi connectivity index (χ3n) is 1.76. The smallest absolute Gasteiger partial charge is 0.0225 e. The topological polar surface area (TPSA) is 0 Å². The molecule has 14 heavy (non-hydrogen) atoms. The van der Waals surface area contributed by atoms with Crippen molar-refractivity contribution < 1.29 is 0 Å². The van der Waals surface area contributed by atoms with E-state index in [2.05, 4.69) is 37.4 Å². The van der Waals surface area contributed by atoms with E-state index in [1.54, 1.807) is 23.5 Å². The highest BCUT2D eigenvalue weighted by atomic mass is 32.2. The van der Waals surface area contributed by atoms with Gasteiger partial charge < -0.3 is 0 Å². The summed E-state index contributed by atoms with van der Waals surface area (Å²) < 4.78 is 0. The fraction of sp³-hybridized carbons (Fsp3) is 0.167. The lowest BCUT2D eigenvalue weighted by molar-refractivity contribution is 1.35. The lowest BCUT2D eigenvalue weighted by Crippen LogP contribution is -1.82. The molecule has 0 aliphatic carbocycles. The molecule has 0 heterocycles. The van der Waals surface area contributed by atoms with E-state index in [1.165, 1.54) is 11.1 Å². The van der Waals surface area contributed by atoms with Crippen LogP contribution in [0.25, 0.3) is 0 Å². The van der Waals surface area contributed by atoms with Gasteiger partial charge in [0.1, 0.15) is 0 Å². The van der Waals surface area contributed by atoms with Crippen LogP contribution >= 0.6 is 23.5 Å². The third kappa shape index (κ3) is 4.07. The molecule has 0 aromatic heterocycles. The lowest BCUT2D eigenvalue weighted by atomic mass is 10.2. The summed E-state index contributed by atoms with van der Waals surface area (Å²) >= 11 is 3.45. The first kappa shape index (κ1) is 11.5. The number of hydrogen-bond donors (Lipinski definition) is 0. The van der Waals surface area contributed by atoms with Crippen molar-refractivity contribution in [3.63, 3.8) is 0 Å². The molecule has 0 radical (unpaired) electrons. The minimum Gasteiger partial charge on any atom is -0.130 e. The van der Waals surface area contributed by atoms with E-state index < -0.39 is 0 Å². The van der Waals surface area contributed by atoms with Crippen LogP contribution in [0, 0.1) is 0 Å². The molecule has 0 saturated carbocycles. The van der Waals surface area contributed by atoms with Gasteiger partial charge in [-0.25, -0.2) is 0 Å². The van der Waals surface area contributed by atoms with Crippen molar-refractivity contribution in [2.45, 2.75) is 11.5 Å². The maximum atomic E-state index is 3.68. The number of benzene rings is 1.